The summed E-state index contributed by atoms with van der Waals surface area (Å²) in [5.41, 5.74) is 1.79. The van der Waals surface area contributed by atoms with E-state index in [1.165, 1.54) is 0 Å². The van der Waals surface area contributed by atoms with Gasteiger partial charge < -0.3 is 20.1 Å². The van der Waals surface area contributed by atoms with Crippen LogP contribution < -0.4 is 10.6 Å². The molecule has 0 saturated carbocycles. The molecule has 0 spiro atoms. The standard InChI is InChI=1S/C22H33BrN2O4/c1-15-8-9-17(24-11-10-23)12-16(15)13-18(14-19(26)28-21(2,3)4)25-20(27)29-22(5,6)7/h8-12,18,24H,13-14H2,1-7H3,(H,25,27)/t18-/m0/s1. The normalized spacial score (nSPS) is 13.1. The van der Waals surface area contributed by atoms with Crippen molar-refractivity contribution >= 4 is 33.7 Å². The number of carbonyl (C=O) groups is 2. The number of anilines is 1. The van der Waals surface area contributed by atoms with E-state index in [2.05, 4.69) is 26.6 Å². The zero-order chi connectivity index (χ0) is 22.2. The minimum atomic E-state index is -0.623. The number of benzene rings is 1. The van der Waals surface area contributed by atoms with E-state index in [-0.39, 0.29) is 12.4 Å². The number of halogens is 1. The zero-order valence-corrected chi connectivity index (χ0v) is 20.0. The highest BCUT2D eigenvalue weighted by atomic mass is 79.9. The quantitative estimate of drug-likeness (QED) is 0.520. The lowest BCUT2D eigenvalue weighted by Gasteiger charge is -2.25. The van der Waals surface area contributed by atoms with Gasteiger partial charge in [0, 0.05) is 17.9 Å². The van der Waals surface area contributed by atoms with Crippen LogP contribution in [0.15, 0.2) is 29.4 Å². The average Bonchev–Trinajstić information content (AvgIpc) is 2.51. The van der Waals surface area contributed by atoms with Crippen molar-refractivity contribution in [2.45, 2.75) is 78.6 Å². The van der Waals surface area contributed by atoms with Crippen molar-refractivity contribution < 1.29 is 19.1 Å². The summed E-state index contributed by atoms with van der Waals surface area (Å²) in [6.45, 7) is 12.8. The Morgan fingerprint density at radius 1 is 1.10 bits per heavy atom. The number of hydrogen-bond donors (Lipinski definition) is 2. The minimum Gasteiger partial charge on any atom is -0.460 e. The second kappa shape index (κ2) is 10.7. The summed E-state index contributed by atoms with van der Waals surface area (Å²) < 4.78 is 10.8. The molecule has 6 nitrogen and oxygen atoms in total. The summed E-state index contributed by atoms with van der Waals surface area (Å²) >= 11 is 3.23. The lowest BCUT2D eigenvalue weighted by molar-refractivity contribution is -0.155. The lowest BCUT2D eigenvalue weighted by Crippen LogP contribution is -2.42. The van der Waals surface area contributed by atoms with E-state index < -0.39 is 23.3 Å². The third-order valence-corrected chi connectivity index (χ3v) is 3.95. The monoisotopic (exact) mass is 468 g/mol. The summed E-state index contributed by atoms with van der Waals surface area (Å²) in [7, 11) is 0. The Morgan fingerprint density at radius 3 is 2.28 bits per heavy atom. The van der Waals surface area contributed by atoms with Crippen molar-refractivity contribution in [3.63, 3.8) is 0 Å². The minimum absolute atomic E-state index is 0.0505. The third-order valence-electron chi connectivity index (χ3n) is 3.68. The van der Waals surface area contributed by atoms with Crippen LogP contribution in [0.2, 0.25) is 0 Å². The molecule has 29 heavy (non-hydrogen) atoms. The van der Waals surface area contributed by atoms with Gasteiger partial charge in [-0.05, 0) is 83.1 Å². The second-order valence-electron chi connectivity index (χ2n) is 8.92. The second-order valence-corrected chi connectivity index (χ2v) is 9.44. The highest BCUT2D eigenvalue weighted by molar-refractivity contribution is 9.11. The van der Waals surface area contributed by atoms with Gasteiger partial charge in [0.25, 0.3) is 0 Å². The molecule has 1 atom stereocenters. The fourth-order valence-electron chi connectivity index (χ4n) is 2.61. The number of nitrogens with one attached hydrogen (secondary N) is 2. The molecule has 1 rings (SSSR count). The summed E-state index contributed by atoms with van der Waals surface area (Å²) in [6.07, 6.45) is 1.73. The highest BCUT2D eigenvalue weighted by Crippen LogP contribution is 2.19. The van der Waals surface area contributed by atoms with E-state index in [9.17, 15) is 9.59 Å². The maximum absolute atomic E-state index is 12.4. The Kier molecular flexibility index (Phi) is 9.20. The first-order valence-corrected chi connectivity index (χ1v) is 10.5. The first-order chi connectivity index (χ1) is 13.3. The fourth-order valence-corrected chi connectivity index (χ4v) is 2.74. The molecule has 0 aliphatic rings. The van der Waals surface area contributed by atoms with Gasteiger partial charge in [0.2, 0.25) is 0 Å². The largest absolute Gasteiger partial charge is 0.460 e. The molecule has 1 aromatic carbocycles. The molecule has 0 aromatic heterocycles. The van der Waals surface area contributed by atoms with Gasteiger partial charge in [-0.2, -0.15) is 0 Å². The first-order valence-electron chi connectivity index (χ1n) is 9.62. The van der Waals surface area contributed by atoms with E-state index >= 15 is 0 Å². The molecule has 0 saturated heterocycles. The smallest absolute Gasteiger partial charge is 0.407 e. The summed E-state index contributed by atoms with van der Waals surface area (Å²) in [6, 6.07) is 5.51. The van der Waals surface area contributed by atoms with Crippen LogP contribution in [-0.4, -0.2) is 29.3 Å². The van der Waals surface area contributed by atoms with E-state index in [4.69, 9.17) is 9.47 Å². The molecule has 0 bridgehead atoms. The van der Waals surface area contributed by atoms with Gasteiger partial charge in [-0.1, -0.05) is 22.0 Å². The Hall–Kier alpha value is -2.02. The van der Waals surface area contributed by atoms with E-state index in [1.54, 1.807) is 32.0 Å². The van der Waals surface area contributed by atoms with Crippen LogP contribution >= 0.6 is 15.9 Å². The van der Waals surface area contributed by atoms with Gasteiger partial charge >= 0.3 is 12.1 Å². The molecule has 0 aliphatic heterocycles. The number of ether oxygens (including phenoxy) is 2. The van der Waals surface area contributed by atoms with Crippen LogP contribution in [0, 0.1) is 6.92 Å². The first kappa shape index (κ1) is 25.0. The van der Waals surface area contributed by atoms with Gasteiger partial charge in [-0.25, -0.2) is 4.79 Å². The number of esters is 1. The Morgan fingerprint density at radius 2 is 1.72 bits per heavy atom. The molecule has 2 N–H and O–H groups in total. The fraction of sp³-hybridized carbons (Fsp3) is 0.545. The molecule has 1 amide bonds. The van der Waals surface area contributed by atoms with Crippen molar-refractivity contribution in [1.29, 1.82) is 0 Å². The topological polar surface area (TPSA) is 76.7 Å². The SMILES string of the molecule is Cc1ccc(NC=CBr)cc1C[C@@H](CC(=O)OC(C)(C)C)NC(=O)OC(C)(C)C. The van der Waals surface area contributed by atoms with Gasteiger partial charge in [-0.3, -0.25) is 4.79 Å². The van der Waals surface area contributed by atoms with E-state index in [0.29, 0.717) is 6.42 Å². The number of carbonyl (C=O) groups excluding carboxylic acids is 2. The predicted molar refractivity (Wildman–Crippen MR) is 120 cm³/mol. The molecule has 0 aliphatic carbocycles. The Balaban J connectivity index is 3.01. The number of aryl methyl sites for hydroxylation is 1. The van der Waals surface area contributed by atoms with Gasteiger partial charge in [0.05, 0.1) is 6.42 Å². The van der Waals surface area contributed by atoms with Crippen molar-refractivity contribution in [3.8, 4) is 0 Å². The average molecular weight is 469 g/mol. The highest BCUT2D eigenvalue weighted by Gasteiger charge is 2.25. The molecule has 0 fully saturated rings. The van der Waals surface area contributed by atoms with E-state index in [0.717, 1.165) is 16.8 Å². The number of hydrogen-bond acceptors (Lipinski definition) is 5. The molecule has 162 valence electrons. The molecular formula is C22H33BrN2O4. The summed E-state index contributed by atoms with van der Waals surface area (Å²) in [4.78, 5) is 26.4. The molecule has 0 radical (unpaired) electrons. The predicted octanol–water partition coefficient (Wildman–Crippen LogP) is 5.44. The summed E-state index contributed by atoms with van der Waals surface area (Å²) in [5.74, 6) is -0.368. The van der Waals surface area contributed by atoms with Crippen molar-refractivity contribution in [2.75, 3.05) is 5.32 Å². The van der Waals surface area contributed by atoms with Crippen LogP contribution in [0.1, 0.15) is 59.1 Å². The van der Waals surface area contributed by atoms with Gasteiger partial charge in [0.15, 0.2) is 0 Å². The van der Waals surface area contributed by atoms with Crippen LogP contribution in [-0.2, 0) is 20.7 Å². The van der Waals surface area contributed by atoms with E-state index in [1.807, 2.05) is 45.9 Å². The van der Waals surface area contributed by atoms with Crippen molar-refractivity contribution in [2.24, 2.45) is 0 Å². The van der Waals surface area contributed by atoms with Crippen molar-refractivity contribution in [3.05, 3.63) is 40.5 Å². The number of rotatable bonds is 7. The molecule has 0 unspecified atom stereocenters. The molecule has 7 heteroatoms. The van der Waals surface area contributed by atoms with Crippen LogP contribution in [0.3, 0.4) is 0 Å². The maximum Gasteiger partial charge on any atom is 0.407 e. The molecule has 0 heterocycles. The van der Waals surface area contributed by atoms with Crippen LogP contribution in [0.25, 0.3) is 0 Å². The molecular weight excluding hydrogens is 436 g/mol. The number of alkyl carbamates (subject to hydrolysis) is 1. The Bertz CT molecular complexity index is 703. The summed E-state index contributed by atoms with van der Waals surface area (Å²) in [5, 5.41) is 5.97. The van der Waals surface area contributed by atoms with Crippen LogP contribution in [0.5, 0.6) is 0 Å². The van der Waals surface area contributed by atoms with Crippen LogP contribution in [0.4, 0.5) is 10.5 Å². The number of amides is 1. The van der Waals surface area contributed by atoms with Gasteiger partial charge in [-0.15, -0.1) is 0 Å². The third kappa shape index (κ3) is 10.9. The zero-order valence-electron chi connectivity index (χ0n) is 18.4. The molecule has 1 aromatic rings. The maximum atomic E-state index is 12.4. The van der Waals surface area contributed by atoms with Crippen molar-refractivity contribution in [1.82, 2.24) is 5.32 Å². The van der Waals surface area contributed by atoms with Gasteiger partial charge in [0.1, 0.15) is 11.2 Å². The lowest BCUT2D eigenvalue weighted by atomic mass is 9.98. The Labute approximate surface area is 182 Å².